The Bertz CT molecular complexity index is 305. The lowest BCUT2D eigenvalue weighted by Crippen LogP contribution is -2.17. The zero-order valence-electron chi connectivity index (χ0n) is 5.88. The predicted octanol–water partition coefficient (Wildman–Crippen LogP) is 1.16. The number of imidazole rings is 1. The van der Waals surface area contributed by atoms with Crippen molar-refractivity contribution < 1.29 is 4.79 Å². The highest BCUT2D eigenvalue weighted by Crippen LogP contribution is 2.19. The first kappa shape index (κ1) is 7.03. The number of ketones is 1. The van der Waals surface area contributed by atoms with Crippen molar-refractivity contribution in [2.75, 3.05) is 0 Å². The third-order valence-electron chi connectivity index (χ3n) is 1.89. The number of aryl methyl sites for hydroxylation is 1. The molecule has 0 spiro atoms. The summed E-state index contributed by atoms with van der Waals surface area (Å²) in [5, 5.41) is 0. The summed E-state index contributed by atoms with van der Waals surface area (Å²) in [5.41, 5.74) is 1.02. The molecule has 0 saturated carbocycles. The molecule has 0 bridgehead atoms. The molecule has 1 aliphatic rings. The van der Waals surface area contributed by atoms with Crippen LogP contribution in [-0.2, 0) is 17.8 Å². The third-order valence-corrected chi connectivity index (χ3v) is 2.55. The molecule has 0 atom stereocenters. The van der Waals surface area contributed by atoms with E-state index >= 15 is 0 Å². The first-order valence-corrected chi connectivity index (χ1v) is 4.28. The first-order valence-electron chi connectivity index (χ1n) is 3.48. The molecule has 1 aromatic rings. The molecule has 1 aliphatic heterocycles. The molecular weight excluding hydrogens is 208 g/mol. The number of Topliss-reactive ketones (excluding diaryl/α,β-unsaturated/α-hetero) is 1. The molecule has 1 aromatic heterocycles. The van der Waals surface area contributed by atoms with Crippen LogP contribution in [0.2, 0.25) is 0 Å². The average Bonchev–Trinajstić information content (AvgIpc) is 2.33. The maximum absolute atomic E-state index is 11.0. The van der Waals surface area contributed by atoms with Gasteiger partial charge in [0, 0.05) is 19.4 Å². The predicted molar refractivity (Wildman–Crippen MR) is 43.3 cm³/mol. The molecule has 0 fully saturated rings. The molecule has 0 amide bonds. The van der Waals surface area contributed by atoms with Crippen LogP contribution in [0.15, 0.2) is 10.9 Å². The van der Waals surface area contributed by atoms with Crippen molar-refractivity contribution in [1.29, 1.82) is 0 Å². The fraction of sp³-hybridized carbons (Fsp3) is 0.429. The summed E-state index contributed by atoms with van der Waals surface area (Å²) in [6.45, 7) is 0.784. The quantitative estimate of drug-likeness (QED) is 0.650. The van der Waals surface area contributed by atoms with Crippen molar-refractivity contribution in [3.05, 3.63) is 16.6 Å². The summed E-state index contributed by atoms with van der Waals surface area (Å²) in [6.07, 6.45) is 2.95. The van der Waals surface area contributed by atoms with Crippen molar-refractivity contribution in [1.82, 2.24) is 9.55 Å². The molecule has 0 N–H and O–H groups in total. The van der Waals surface area contributed by atoms with Gasteiger partial charge in [-0.2, -0.15) is 0 Å². The van der Waals surface area contributed by atoms with E-state index in [2.05, 4.69) is 20.9 Å². The van der Waals surface area contributed by atoms with E-state index in [0.29, 0.717) is 18.6 Å². The van der Waals surface area contributed by atoms with Crippen molar-refractivity contribution in [2.24, 2.45) is 0 Å². The number of hydrogen-bond acceptors (Lipinski definition) is 2. The van der Waals surface area contributed by atoms with Gasteiger partial charge in [0.05, 0.1) is 12.0 Å². The van der Waals surface area contributed by atoms with Gasteiger partial charge in [-0.15, -0.1) is 0 Å². The van der Waals surface area contributed by atoms with Gasteiger partial charge in [0.1, 0.15) is 10.4 Å². The Hall–Kier alpha value is -0.640. The van der Waals surface area contributed by atoms with Crippen LogP contribution < -0.4 is 0 Å². The molecule has 3 nitrogen and oxygen atoms in total. The van der Waals surface area contributed by atoms with E-state index in [1.165, 1.54) is 0 Å². The highest BCUT2D eigenvalue weighted by atomic mass is 79.9. The number of nitrogens with zero attached hydrogens (tertiary/aromatic N) is 2. The van der Waals surface area contributed by atoms with Crippen LogP contribution in [0, 0.1) is 0 Å². The van der Waals surface area contributed by atoms with Gasteiger partial charge in [-0.1, -0.05) is 0 Å². The molecular formula is C7H7BrN2O. The number of aromatic nitrogens is 2. The molecule has 2 heterocycles. The molecule has 0 aromatic carbocycles. The molecule has 4 heteroatoms. The van der Waals surface area contributed by atoms with E-state index in [4.69, 9.17) is 0 Å². The first-order chi connectivity index (χ1) is 5.27. The van der Waals surface area contributed by atoms with Gasteiger partial charge in [-0.05, 0) is 15.9 Å². The van der Waals surface area contributed by atoms with Crippen molar-refractivity contribution in [2.45, 2.75) is 19.4 Å². The Morgan fingerprint density at radius 2 is 2.45 bits per heavy atom. The number of carbonyl (C=O) groups is 1. The van der Waals surface area contributed by atoms with Crippen LogP contribution in [0.5, 0.6) is 0 Å². The molecule has 0 unspecified atom stereocenters. The lowest BCUT2D eigenvalue weighted by atomic mass is 10.1. The highest BCUT2D eigenvalue weighted by molar-refractivity contribution is 9.10. The van der Waals surface area contributed by atoms with Crippen molar-refractivity contribution in [3.63, 3.8) is 0 Å². The van der Waals surface area contributed by atoms with Gasteiger partial charge in [-0.3, -0.25) is 4.79 Å². The second kappa shape index (κ2) is 2.44. The second-order valence-electron chi connectivity index (χ2n) is 2.64. The minimum atomic E-state index is 0.304. The largest absolute Gasteiger partial charge is 0.333 e. The molecule has 0 aliphatic carbocycles. The van der Waals surface area contributed by atoms with E-state index in [9.17, 15) is 4.79 Å². The number of carbonyl (C=O) groups excluding carboxylic acids is 1. The summed E-state index contributed by atoms with van der Waals surface area (Å²) in [7, 11) is 0. The number of hydrogen-bond donors (Lipinski definition) is 0. The van der Waals surface area contributed by atoms with Crippen LogP contribution in [0.4, 0.5) is 0 Å². The summed E-state index contributed by atoms with van der Waals surface area (Å²) in [4.78, 5) is 15.1. The highest BCUT2D eigenvalue weighted by Gasteiger charge is 2.17. The molecule has 0 saturated heterocycles. The minimum Gasteiger partial charge on any atom is -0.333 e. The van der Waals surface area contributed by atoms with Gasteiger partial charge in [0.25, 0.3) is 0 Å². The lowest BCUT2D eigenvalue weighted by Gasteiger charge is -2.12. The maximum Gasteiger partial charge on any atom is 0.140 e. The van der Waals surface area contributed by atoms with E-state index in [-0.39, 0.29) is 0 Å². The summed E-state index contributed by atoms with van der Waals surface area (Å²) in [5.74, 6) is 0.304. The fourth-order valence-corrected chi connectivity index (χ4v) is 1.73. The van der Waals surface area contributed by atoms with Crippen molar-refractivity contribution >= 4 is 21.7 Å². The molecule has 2 rings (SSSR count). The summed E-state index contributed by atoms with van der Waals surface area (Å²) < 4.78 is 2.83. The fourth-order valence-electron chi connectivity index (χ4n) is 1.27. The third kappa shape index (κ3) is 1.11. The maximum atomic E-state index is 11.0. The van der Waals surface area contributed by atoms with Crippen LogP contribution in [-0.4, -0.2) is 15.3 Å². The Kier molecular flexibility index (Phi) is 1.56. The molecule has 11 heavy (non-hydrogen) atoms. The topological polar surface area (TPSA) is 34.9 Å². The summed E-state index contributed by atoms with van der Waals surface area (Å²) in [6, 6.07) is 0. The van der Waals surface area contributed by atoms with E-state index in [0.717, 1.165) is 16.8 Å². The Labute approximate surface area is 72.6 Å². The van der Waals surface area contributed by atoms with Crippen LogP contribution in [0.3, 0.4) is 0 Å². The average molecular weight is 215 g/mol. The van der Waals surface area contributed by atoms with Gasteiger partial charge in [0.2, 0.25) is 0 Å². The zero-order chi connectivity index (χ0) is 7.84. The number of fused-ring (bicyclic) bond motifs is 1. The summed E-state index contributed by atoms with van der Waals surface area (Å²) >= 11 is 3.30. The van der Waals surface area contributed by atoms with Gasteiger partial charge in [-0.25, -0.2) is 4.98 Å². The van der Waals surface area contributed by atoms with Gasteiger partial charge in [0.15, 0.2) is 0 Å². The van der Waals surface area contributed by atoms with Crippen LogP contribution >= 0.6 is 15.9 Å². The Balaban J connectivity index is 2.45. The Morgan fingerprint density at radius 1 is 1.64 bits per heavy atom. The zero-order valence-corrected chi connectivity index (χ0v) is 7.47. The number of halogens is 1. The molecule has 58 valence electrons. The van der Waals surface area contributed by atoms with E-state index < -0.39 is 0 Å². The minimum absolute atomic E-state index is 0.304. The number of rotatable bonds is 0. The molecule has 0 radical (unpaired) electrons. The lowest BCUT2D eigenvalue weighted by molar-refractivity contribution is -0.119. The van der Waals surface area contributed by atoms with Gasteiger partial charge >= 0.3 is 0 Å². The normalized spacial score (nSPS) is 16.6. The Morgan fingerprint density at radius 3 is 3.27 bits per heavy atom. The van der Waals surface area contributed by atoms with E-state index in [1.54, 1.807) is 6.33 Å². The van der Waals surface area contributed by atoms with Gasteiger partial charge < -0.3 is 4.57 Å². The second-order valence-corrected chi connectivity index (χ2v) is 3.39. The van der Waals surface area contributed by atoms with Crippen LogP contribution in [0.25, 0.3) is 0 Å². The monoisotopic (exact) mass is 214 g/mol. The van der Waals surface area contributed by atoms with Crippen LogP contribution in [0.1, 0.15) is 12.1 Å². The van der Waals surface area contributed by atoms with Crippen molar-refractivity contribution in [3.8, 4) is 0 Å². The van der Waals surface area contributed by atoms with E-state index in [1.807, 2.05) is 4.57 Å². The SMILES string of the molecule is O=C1CCn2cnc(Br)c2C1. The standard InChI is InChI=1S/C7H7BrN2O/c8-7-6-3-5(11)1-2-10(6)4-9-7/h4H,1-3H2. The smallest absolute Gasteiger partial charge is 0.140 e.